The highest BCUT2D eigenvalue weighted by atomic mass is 19.1. The SMILES string of the molecule is Fc1ccccc1N1CCN(c2cc(NCc3ccco3)ncn2)CC1. The Labute approximate surface area is 151 Å². The van der Waals surface area contributed by atoms with Crippen LogP contribution in [0.1, 0.15) is 5.76 Å². The van der Waals surface area contributed by atoms with Crippen molar-refractivity contribution in [1.82, 2.24) is 9.97 Å². The molecule has 0 amide bonds. The van der Waals surface area contributed by atoms with Crippen LogP contribution in [0.4, 0.5) is 21.7 Å². The van der Waals surface area contributed by atoms with E-state index >= 15 is 0 Å². The zero-order valence-corrected chi connectivity index (χ0v) is 14.3. The summed E-state index contributed by atoms with van der Waals surface area (Å²) in [5, 5.41) is 3.24. The Balaban J connectivity index is 1.38. The number of aromatic nitrogens is 2. The Bertz CT molecular complexity index is 847. The first-order valence-electron chi connectivity index (χ1n) is 8.62. The minimum atomic E-state index is -0.174. The van der Waals surface area contributed by atoms with E-state index in [1.165, 1.54) is 6.07 Å². The highest BCUT2D eigenvalue weighted by Crippen LogP contribution is 2.22. The van der Waals surface area contributed by atoms with Gasteiger partial charge < -0.3 is 19.5 Å². The number of hydrogen-bond donors (Lipinski definition) is 1. The van der Waals surface area contributed by atoms with Crippen LogP contribution >= 0.6 is 0 Å². The van der Waals surface area contributed by atoms with Crippen LogP contribution in [-0.4, -0.2) is 36.1 Å². The highest BCUT2D eigenvalue weighted by Gasteiger charge is 2.20. The summed E-state index contributed by atoms with van der Waals surface area (Å²) < 4.78 is 19.3. The zero-order chi connectivity index (χ0) is 17.8. The molecule has 134 valence electrons. The Morgan fingerprint density at radius 1 is 1.00 bits per heavy atom. The predicted octanol–water partition coefficient (Wildman–Crippen LogP) is 3.15. The number of nitrogens with zero attached hydrogens (tertiary/aromatic N) is 4. The molecule has 0 unspecified atom stereocenters. The maximum atomic E-state index is 14.0. The molecule has 4 rings (SSSR count). The predicted molar refractivity (Wildman–Crippen MR) is 98.9 cm³/mol. The van der Waals surface area contributed by atoms with Gasteiger partial charge in [-0.15, -0.1) is 0 Å². The third-order valence-corrected chi connectivity index (χ3v) is 4.47. The maximum Gasteiger partial charge on any atom is 0.146 e. The largest absolute Gasteiger partial charge is 0.467 e. The average molecular weight is 353 g/mol. The number of halogens is 1. The summed E-state index contributed by atoms with van der Waals surface area (Å²) in [6.07, 6.45) is 3.21. The Hall–Kier alpha value is -3.09. The number of nitrogens with one attached hydrogen (secondary N) is 1. The summed E-state index contributed by atoms with van der Waals surface area (Å²) in [6.45, 7) is 3.64. The fourth-order valence-corrected chi connectivity index (χ4v) is 3.09. The molecule has 1 fully saturated rings. The second-order valence-electron chi connectivity index (χ2n) is 6.12. The third-order valence-electron chi connectivity index (χ3n) is 4.47. The van der Waals surface area contributed by atoms with Crippen molar-refractivity contribution in [1.29, 1.82) is 0 Å². The summed E-state index contributed by atoms with van der Waals surface area (Å²) in [7, 11) is 0. The van der Waals surface area contributed by atoms with Gasteiger partial charge in [0.15, 0.2) is 0 Å². The van der Waals surface area contributed by atoms with Gasteiger partial charge in [-0.05, 0) is 24.3 Å². The van der Waals surface area contributed by atoms with Gasteiger partial charge in [-0.2, -0.15) is 0 Å². The molecule has 0 saturated carbocycles. The third kappa shape index (κ3) is 3.61. The van der Waals surface area contributed by atoms with Crippen LogP contribution in [0.5, 0.6) is 0 Å². The van der Waals surface area contributed by atoms with Crippen molar-refractivity contribution < 1.29 is 8.81 Å². The molecule has 1 aliphatic rings. The molecule has 1 aromatic carbocycles. The molecule has 3 heterocycles. The molecule has 0 aliphatic carbocycles. The number of piperazine rings is 1. The Morgan fingerprint density at radius 3 is 2.58 bits per heavy atom. The van der Waals surface area contributed by atoms with Crippen LogP contribution in [-0.2, 0) is 6.54 Å². The molecule has 0 spiro atoms. The zero-order valence-electron chi connectivity index (χ0n) is 14.3. The Morgan fingerprint density at radius 2 is 1.81 bits per heavy atom. The van der Waals surface area contributed by atoms with Crippen LogP contribution in [0, 0.1) is 5.82 Å². The summed E-state index contributed by atoms with van der Waals surface area (Å²) in [6, 6.07) is 12.6. The van der Waals surface area contributed by atoms with Gasteiger partial charge >= 0.3 is 0 Å². The van der Waals surface area contributed by atoms with Gasteiger partial charge in [0.05, 0.1) is 18.5 Å². The lowest BCUT2D eigenvalue weighted by atomic mass is 10.2. The molecule has 26 heavy (non-hydrogen) atoms. The molecule has 2 aromatic heterocycles. The van der Waals surface area contributed by atoms with E-state index < -0.39 is 0 Å². The molecular weight excluding hydrogens is 333 g/mol. The van der Waals surface area contributed by atoms with E-state index in [9.17, 15) is 4.39 Å². The molecule has 6 nitrogen and oxygen atoms in total. The van der Waals surface area contributed by atoms with Gasteiger partial charge in [-0.3, -0.25) is 0 Å². The van der Waals surface area contributed by atoms with Gasteiger partial charge in [0.2, 0.25) is 0 Å². The van der Waals surface area contributed by atoms with Crippen LogP contribution in [0.15, 0.2) is 59.5 Å². The van der Waals surface area contributed by atoms with Gasteiger partial charge in [0.1, 0.15) is 29.5 Å². The molecule has 1 N–H and O–H groups in total. The number of benzene rings is 1. The summed E-state index contributed by atoms with van der Waals surface area (Å²) in [5.74, 6) is 2.30. The molecule has 0 atom stereocenters. The number of para-hydroxylation sites is 1. The van der Waals surface area contributed by atoms with Crippen molar-refractivity contribution in [3.8, 4) is 0 Å². The van der Waals surface area contributed by atoms with Crippen molar-refractivity contribution in [2.75, 3.05) is 41.3 Å². The minimum Gasteiger partial charge on any atom is -0.467 e. The fraction of sp³-hybridized carbons (Fsp3) is 0.263. The van der Waals surface area contributed by atoms with E-state index in [2.05, 4.69) is 25.1 Å². The summed E-state index contributed by atoms with van der Waals surface area (Å²) in [5.41, 5.74) is 0.663. The molecule has 7 heteroatoms. The Kier molecular flexibility index (Phi) is 4.68. The van der Waals surface area contributed by atoms with E-state index in [0.29, 0.717) is 12.2 Å². The summed E-state index contributed by atoms with van der Waals surface area (Å²) >= 11 is 0. The molecule has 1 aliphatic heterocycles. The second kappa shape index (κ2) is 7.43. The topological polar surface area (TPSA) is 57.4 Å². The van der Waals surface area contributed by atoms with Crippen molar-refractivity contribution in [3.63, 3.8) is 0 Å². The van der Waals surface area contributed by atoms with Crippen LogP contribution in [0.25, 0.3) is 0 Å². The first-order valence-corrected chi connectivity index (χ1v) is 8.62. The van der Waals surface area contributed by atoms with E-state index in [4.69, 9.17) is 4.42 Å². The normalized spacial score (nSPS) is 14.5. The van der Waals surface area contributed by atoms with E-state index in [1.54, 1.807) is 18.7 Å². The lowest BCUT2D eigenvalue weighted by Gasteiger charge is -2.36. The average Bonchev–Trinajstić information content (AvgIpc) is 3.21. The van der Waals surface area contributed by atoms with Gasteiger partial charge in [-0.1, -0.05) is 12.1 Å². The molecule has 1 saturated heterocycles. The molecule has 0 bridgehead atoms. The highest BCUT2D eigenvalue weighted by molar-refractivity contribution is 5.52. The number of rotatable bonds is 5. The maximum absolute atomic E-state index is 14.0. The van der Waals surface area contributed by atoms with Crippen molar-refractivity contribution in [3.05, 3.63) is 66.6 Å². The molecular formula is C19H20FN5O. The lowest BCUT2D eigenvalue weighted by molar-refractivity contribution is 0.518. The monoisotopic (exact) mass is 353 g/mol. The van der Waals surface area contributed by atoms with E-state index in [1.807, 2.05) is 30.3 Å². The van der Waals surface area contributed by atoms with E-state index in [-0.39, 0.29) is 5.82 Å². The second-order valence-corrected chi connectivity index (χ2v) is 6.12. The van der Waals surface area contributed by atoms with Gasteiger partial charge in [-0.25, -0.2) is 14.4 Å². The summed E-state index contributed by atoms with van der Waals surface area (Å²) in [4.78, 5) is 12.9. The first-order chi connectivity index (χ1) is 12.8. The van der Waals surface area contributed by atoms with Crippen LogP contribution in [0.3, 0.4) is 0 Å². The number of anilines is 3. The number of furan rings is 1. The fourth-order valence-electron chi connectivity index (χ4n) is 3.09. The standard InChI is InChI=1S/C19H20FN5O/c20-16-5-1-2-6-17(16)24-7-9-25(10-8-24)19-12-18(22-14-23-19)21-13-15-4-3-11-26-15/h1-6,11-12,14H,7-10,13H2,(H,21,22,23). The lowest BCUT2D eigenvalue weighted by Crippen LogP contribution is -2.47. The van der Waals surface area contributed by atoms with Crippen molar-refractivity contribution in [2.45, 2.75) is 6.54 Å². The van der Waals surface area contributed by atoms with Crippen molar-refractivity contribution in [2.24, 2.45) is 0 Å². The van der Waals surface area contributed by atoms with Crippen molar-refractivity contribution >= 4 is 17.3 Å². The van der Waals surface area contributed by atoms with Crippen LogP contribution in [0.2, 0.25) is 0 Å². The van der Waals surface area contributed by atoms with Gasteiger partial charge in [0, 0.05) is 32.2 Å². The quantitative estimate of drug-likeness (QED) is 0.760. The number of hydrogen-bond acceptors (Lipinski definition) is 6. The minimum absolute atomic E-state index is 0.174. The molecule has 0 radical (unpaired) electrons. The van der Waals surface area contributed by atoms with Crippen LogP contribution < -0.4 is 15.1 Å². The van der Waals surface area contributed by atoms with E-state index in [0.717, 1.165) is 43.6 Å². The van der Waals surface area contributed by atoms with Gasteiger partial charge in [0.25, 0.3) is 0 Å². The first kappa shape index (κ1) is 16.4. The smallest absolute Gasteiger partial charge is 0.146 e. The molecule has 3 aromatic rings.